The van der Waals surface area contributed by atoms with Crippen LogP contribution in [0.15, 0.2) is 42.5 Å². The Bertz CT molecular complexity index is 816. The number of carbonyl (C=O) groups excluding carboxylic acids is 1. The summed E-state index contributed by atoms with van der Waals surface area (Å²) in [4.78, 5) is 15.5. The first-order chi connectivity index (χ1) is 13.1. The summed E-state index contributed by atoms with van der Waals surface area (Å²) < 4.78 is 5.94. The van der Waals surface area contributed by atoms with E-state index in [2.05, 4.69) is 10.2 Å². The van der Waals surface area contributed by atoms with Crippen molar-refractivity contribution in [3.63, 3.8) is 0 Å². The van der Waals surface area contributed by atoms with E-state index in [-0.39, 0.29) is 11.8 Å². The topological polar surface area (TPSA) is 41.6 Å². The third-order valence-electron chi connectivity index (χ3n) is 5.60. The second-order valence-corrected chi connectivity index (χ2v) is 7.88. The summed E-state index contributed by atoms with van der Waals surface area (Å²) in [6, 6.07) is 13.6. The molecule has 2 heterocycles. The predicted molar refractivity (Wildman–Crippen MR) is 108 cm³/mol. The molecule has 0 radical (unpaired) electrons. The van der Waals surface area contributed by atoms with Crippen LogP contribution in [0.3, 0.4) is 0 Å². The van der Waals surface area contributed by atoms with Crippen LogP contribution in [0.5, 0.6) is 11.5 Å². The fourth-order valence-electron chi connectivity index (χ4n) is 4.16. The monoisotopic (exact) mass is 384 g/mol. The number of halogens is 1. The molecule has 2 atom stereocenters. The number of hydrogen-bond acceptors (Lipinski definition) is 4. The predicted octanol–water partition coefficient (Wildman–Crippen LogP) is 4.45. The van der Waals surface area contributed by atoms with Gasteiger partial charge in [-0.25, -0.2) is 0 Å². The highest BCUT2D eigenvalue weighted by molar-refractivity contribution is 6.30. The van der Waals surface area contributed by atoms with Crippen LogP contribution in [0.25, 0.3) is 0 Å². The summed E-state index contributed by atoms with van der Waals surface area (Å²) >= 11 is 6.00. The molecule has 27 heavy (non-hydrogen) atoms. The van der Waals surface area contributed by atoms with Crippen molar-refractivity contribution in [2.45, 2.75) is 38.3 Å². The SMILES string of the molecule is Cc1cc(Cl)ccc1Oc1ccc(C(=O)C2CCCN2C2CCNC2)cc1. The second kappa shape index (κ2) is 8.01. The van der Waals surface area contributed by atoms with Gasteiger partial charge in [-0.3, -0.25) is 9.69 Å². The van der Waals surface area contributed by atoms with Crippen molar-refractivity contribution in [2.24, 2.45) is 0 Å². The van der Waals surface area contributed by atoms with Crippen molar-refractivity contribution in [2.75, 3.05) is 19.6 Å². The molecule has 2 aliphatic heterocycles. The van der Waals surface area contributed by atoms with Crippen LogP contribution in [0.4, 0.5) is 0 Å². The van der Waals surface area contributed by atoms with Crippen molar-refractivity contribution in [1.82, 2.24) is 10.2 Å². The van der Waals surface area contributed by atoms with E-state index in [1.54, 1.807) is 0 Å². The average molecular weight is 385 g/mol. The van der Waals surface area contributed by atoms with E-state index in [0.29, 0.717) is 11.1 Å². The Kier molecular flexibility index (Phi) is 5.48. The molecule has 2 aromatic rings. The highest BCUT2D eigenvalue weighted by Gasteiger charge is 2.36. The largest absolute Gasteiger partial charge is 0.457 e. The minimum absolute atomic E-state index is 0.0141. The number of Topliss-reactive ketones (excluding diaryl/α,β-unsaturated/α-hetero) is 1. The van der Waals surface area contributed by atoms with Crippen LogP contribution in [-0.2, 0) is 0 Å². The molecule has 2 saturated heterocycles. The third-order valence-corrected chi connectivity index (χ3v) is 5.84. The summed E-state index contributed by atoms with van der Waals surface area (Å²) in [7, 11) is 0. The molecule has 0 amide bonds. The van der Waals surface area contributed by atoms with E-state index in [0.717, 1.165) is 61.5 Å². The molecular formula is C22H25ClN2O2. The average Bonchev–Trinajstić information content (AvgIpc) is 3.35. The number of aryl methyl sites for hydroxylation is 1. The second-order valence-electron chi connectivity index (χ2n) is 7.44. The molecule has 0 saturated carbocycles. The number of ketones is 1. The smallest absolute Gasteiger partial charge is 0.179 e. The van der Waals surface area contributed by atoms with Gasteiger partial charge in [-0.1, -0.05) is 11.6 Å². The summed E-state index contributed by atoms with van der Waals surface area (Å²) in [5.74, 6) is 1.73. The third kappa shape index (κ3) is 4.03. The molecule has 0 spiro atoms. The maximum absolute atomic E-state index is 13.1. The van der Waals surface area contributed by atoms with E-state index >= 15 is 0 Å². The summed E-state index contributed by atoms with van der Waals surface area (Å²) in [6.07, 6.45) is 3.19. The molecular weight excluding hydrogens is 360 g/mol. The Hall–Kier alpha value is -1.88. The first-order valence-corrected chi connectivity index (χ1v) is 10.0. The van der Waals surface area contributed by atoms with Crippen molar-refractivity contribution in [3.05, 3.63) is 58.6 Å². The number of benzene rings is 2. The first kappa shape index (κ1) is 18.5. The quantitative estimate of drug-likeness (QED) is 0.773. The zero-order valence-electron chi connectivity index (χ0n) is 15.6. The van der Waals surface area contributed by atoms with Crippen LogP contribution in [0, 0.1) is 6.92 Å². The lowest BCUT2D eigenvalue weighted by atomic mass is 10.0. The van der Waals surface area contributed by atoms with Gasteiger partial charge in [0.2, 0.25) is 0 Å². The van der Waals surface area contributed by atoms with Gasteiger partial charge < -0.3 is 10.1 Å². The number of rotatable bonds is 5. The molecule has 1 N–H and O–H groups in total. The molecule has 5 heteroatoms. The highest BCUT2D eigenvalue weighted by Crippen LogP contribution is 2.29. The summed E-state index contributed by atoms with van der Waals surface area (Å²) in [6.45, 7) is 5.04. The summed E-state index contributed by atoms with van der Waals surface area (Å²) in [5.41, 5.74) is 1.74. The number of hydrogen-bond donors (Lipinski definition) is 1. The van der Waals surface area contributed by atoms with Gasteiger partial charge >= 0.3 is 0 Å². The van der Waals surface area contributed by atoms with Crippen molar-refractivity contribution in [1.29, 1.82) is 0 Å². The minimum Gasteiger partial charge on any atom is -0.457 e. The standard InChI is InChI=1S/C22H25ClN2O2/c1-15-13-17(23)6-9-21(15)27-19-7-4-16(5-8-19)22(26)20-3-2-12-25(20)18-10-11-24-14-18/h4-9,13,18,20,24H,2-3,10-12,14H2,1H3. The Balaban J connectivity index is 1.45. The van der Waals surface area contributed by atoms with E-state index < -0.39 is 0 Å². The maximum Gasteiger partial charge on any atom is 0.179 e. The molecule has 0 aliphatic carbocycles. The van der Waals surface area contributed by atoms with E-state index in [4.69, 9.17) is 16.3 Å². The Morgan fingerprint density at radius 2 is 2.00 bits per heavy atom. The normalized spacial score (nSPS) is 22.9. The number of carbonyl (C=O) groups is 1. The van der Waals surface area contributed by atoms with E-state index in [1.165, 1.54) is 0 Å². The van der Waals surface area contributed by atoms with Crippen LogP contribution >= 0.6 is 11.6 Å². The van der Waals surface area contributed by atoms with Gasteiger partial charge in [0.25, 0.3) is 0 Å². The lowest BCUT2D eigenvalue weighted by Gasteiger charge is -2.29. The zero-order valence-corrected chi connectivity index (χ0v) is 16.3. The van der Waals surface area contributed by atoms with Gasteiger partial charge in [0.15, 0.2) is 5.78 Å². The maximum atomic E-state index is 13.1. The Morgan fingerprint density at radius 1 is 1.19 bits per heavy atom. The zero-order chi connectivity index (χ0) is 18.8. The lowest BCUT2D eigenvalue weighted by molar-refractivity contribution is 0.0826. The van der Waals surface area contributed by atoms with E-state index in [1.807, 2.05) is 49.4 Å². The molecule has 2 aliphatic rings. The Labute approximate surface area is 165 Å². The van der Waals surface area contributed by atoms with Gasteiger partial charge in [-0.2, -0.15) is 0 Å². The minimum atomic E-state index is 0.0141. The summed E-state index contributed by atoms with van der Waals surface area (Å²) in [5, 5.41) is 4.10. The van der Waals surface area contributed by atoms with Crippen LogP contribution in [-0.4, -0.2) is 42.4 Å². The van der Waals surface area contributed by atoms with Gasteiger partial charge in [-0.05, 0) is 87.3 Å². The number of nitrogens with zero attached hydrogens (tertiary/aromatic N) is 1. The van der Waals surface area contributed by atoms with Gasteiger partial charge in [0.05, 0.1) is 6.04 Å². The Morgan fingerprint density at radius 3 is 2.70 bits per heavy atom. The van der Waals surface area contributed by atoms with Crippen molar-refractivity contribution >= 4 is 17.4 Å². The number of likely N-dealkylation sites (tertiary alicyclic amines) is 1. The molecule has 2 aromatic carbocycles. The van der Waals surface area contributed by atoms with Crippen molar-refractivity contribution < 1.29 is 9.53 Å². The van der Waals surface area contributed by atoms with Gasteiger partial charge in [0.1, 0.15) is 11.5 Å². The molecule has 2 fully saturated rings. The highest BCUT2D eigenvalue weighted by atomic mass is 35.5. The molecule has 4 rings (SSSR count). The molecule has 2 unspecified atom stereocenters. The number of nitrogens with one attached hydrogen (secondary N) is 1. The van der Waals surface area contributed by atoms with Gasteiger partial charge in [-0.15, -0.1) is 0 Å². The van der Waals surface area contributed by atoms with Crippen molar-refractivity contribution in [3.8, 4) is 11.5 Å². The lowest BCUT2D eigenvalue weighted by Crippen LogP contribution is -2.44. The molecule has 4 nitrogen and oxygen atoms in total. The van der Waals surface area contributed by atoms with Crippen LogP contribution in [0.2, 0.25) is 5.02 Å². The van der Waals surface area contributed by atoms with Gasteiger partial charge in [0, 0.05) is 23.2 Å². The fraction of sp³-hybridized carbons (Fsp3) is 0.409. The van der Waals surface area contributed by atoms with Crippen LogP contribution in [0.1, 0.15) is 35.2 Å². The first-order valence-electron chi connectivity index (χ1n) is 9.66. The van der Waals surface area contributed by atoms with E-state index in [9.17, 15) is 4.79 Å². The molecule has 0 bridgehead atoms. The molecule has 142 valence electrons. The fourth-order valence-corrected chi connectivity index (χ4v) is 4.39. The number of ether oxygens (including phenoxy) is 1. The van der Waals surface area contributed by atoms with Crippen LogP contribution < -0.4 is 10.1 Å². The molecule has 0 aromatic heterocycles.